The fourth-order valence-electron chi connectivity index (χ4n) is 2.43. The van der Waals surface area contributed by atoms with Crippen molar-refractivity contribution in [1.82, 2.24) is 0 Å². The van der Waals surface area contributed by atoms with Crippen LogP contribution in [-0.4, -0.2) is 0 Å². The van der Waals surface area contributed by atoms with Gasteiger partial charge in [0.15, 0.2) is 0 Å². The predicted octanol–water partition coefficient (Wildman–Crippen LogP) is 5.24. The average molecular weight is 265 g/mol. The Morgan fingerprint density at radius 1 is 1.00 bits per heavy atom. The highest BCUT2D eigenvalue weighted by Crippen LogP contribution is 2.31. The van der Waals surface area contributed by atoms with Crippen LogP contribution >= 0.6 is 0 Å². The zero-order valence-electron chi connectivity index (χ0n) is 11.7. The van der Waals surface area contributed by atoms with Crippen LogP contribution in [0.25, 0.3) is 10.4 Å². The molecule has 0 saturated carbocycles. The highest BCUT2D eigenvalue weighted by molar-refractivity contribution is 5.24. The molecule has 0 spiro atoms. The number of hydrogen-bond acceptors (Lipinski definition) is 1. The van der Waals surface area contributed by atoms with E-state index in [1.165, 1.54) is 5.56 Å². The fourth-order valence-corrected chi connectivity index (χ4v) is 2.43. The Balaban J connectivity index is 2.05. The number of aryl methyl sites for hydroxylation is 1. The lowest BCUT2D eigenvalue weighted by atomic mass is 9.87. The van der Waals surface area contributed by atoms with Crippen LogP contribution < -0.4 is 0 Å². The van der Waals surface area contributed by atoms with Crippen LogP contribution in [0.15, 0.2) is 65.8 Å². The Labute approximate surface area is 119 Å². The van der Waals surface area contributed by atoms with Crippen LogP contribution in [-0.2, 0) is 12.0 Å². The van der Waals surface area contributed by atoms with Gasteiger partial charge in [-0.15, -0.1) is 0 Å². The zero-order chi connectivity index (χ0) is 14.3. The van der Waals surface area contributed by atoms with E-state index in [0.29, 0.717) is 0 Å². The van der Waals surface area contributed by atoms with Gasteiger partial charge < -0.3 is 0 Å². The topological polar surface area (TPSA) is 48.8 Å². The van der Waals surface area contributed by atoms with Gasteiger partial charge >= 0.3 is 0 Å². The van der Waals surface area contributed by atoms with Crippen molar-refractivity contribution in [1.29, 1.82) is 0 Å². The van der Waals surface area contributed by atoms with Gasteiger partial charge in [0.25, 0.3) is 0 Å². The smallest absolute Gasteiger partial charge is 0.0710 e. The minimum absolute atomic E-state index is 0.467. The monoisotopic (exact) mass is 265 g/mol. The van der Waals surface area contributed by atoms with Crippen molar-refractivity contribution < 1.29 is 0 Å². The molecule has 20 heavy (non-hydrogen) atoms. The van der Waals surface area contributed by atoms with E-state index >= 15 is 0 Å². The van der Waals surface area contributed by atoms with Crippen LogP contribution in [0.2, 0.25) is 0 Å². The van der Waals surface area contributed by atoms with Crippen LogP contribution in [0, 0.1) is 0 Å². The number of rotatable bonds is 6. The molecule has 102 valence electrons. The standard InChI is InChI=1S/C17H19N3/c1-17(19-20-18,16-12-6-3-7-13-16)14-8-11-15-9-4-2-5-10-15/h2-7,9-10,12-13H,8,11,14H2,1H3. The molecule has 2 aromatic carbocycles. The van der Waals surface area contributed by atoms with E-state index < -0.39 is 5.54 Å². The van der Waals surface area contributed by atoms with E-state index in [2.05, 4.69) is 34.3 Å². The maximum Gasteiger partial charge on any atom is 0.0710 e. The van der Waals surface area contributed by atoms with Crippen molar-refractivity contribution in [3.05, 3.63) is 82.2 Å². The van der Waals surface area contributed by atoms with Crippen molar-refractivity contribution in [3.8, 4) is 0 Å². The third kappa shape index (κ3) is 3.62. The van der Waals surface area contributed by atoms with Gasteiger partial charge in [0, 0.05) is 4.91 Å². The molecule has 0 heterocycles. The van der Waals surface area contributed by atoms with Crippen molar-refractivity contribution in [3.63, 3.8) is 0 Å². The lowest BCUT2D eigenvalue weighted by Crippen LogP contribution is -2.18. The third-order valence-electron chi connectivity index (χ3n) is 3.63. The Morgan fingerprint density at radius 2 is 1.60 bits per heavy atom. The van der Waals surface area contributed by atoms with Crippen LogP contribution in [0.3, 0.4) is 0 Å². The predicted molar refractivity (Wildman–Crippen MR) is 82.3 cm³/mol. The molecule has 0 fully saturated rings. The molecule has 0 amide bonds. The Hall–Kier alpha value is -2.25. The van der Waals surface area contributed by atoms with Crippen molar-refractivity contribution >= 4 is 0 Å². The number of nitrogens with zero attached hydrogens (tertiary/aromatic N) is 3. The fraction of sp³-hybridized carbons (Fsp3) is 0.294. The molecular formula is C17H19N3. The van der Waals surface area contributed by atoms with Crippen LogP contribution in [0.5, 0.6) is 0 Å². The molecular weight excluding hydrogens is 246 g/mol. The summed E-state index contributed by atoms with van der Waals surface area (Å²) in [5.41, 5.74) is 10.8. The van der Waals surface area contributed by atoms with Crippen molar-refractivity contribution in [2.24, 2.45) is 5.11 Å². The molecule has 0 aliphatic rings. The Morgan fingerprint density at radius 3 is 2.20 bits per heavy atom. The molecule has 0 aliphatic heterocycles. The Bertz CT molecular complexity index is 574. The molecule has 2 rings (SSSR count). The first kappa shape index (κ1) is 14.2. The van der Waals surface area contributed by atoms with Gasteiger partial charge in [-0.05, 0) is 42.8 Å². The molecule has 0 bridgehead atoms. The highest BCUT2D eigenvalue weighted by Gasteiger charge is 2.24. The maximum absolute atomic E-state index is 8.84. The van der Waals surface area contributed by atoms with Crippen molar-refractivity contribution in [2.75, 3.05) is 0 Å². The first-order valence-electron chi connectivity index (χ1n) is 6.90. The molecule has 3 heteroatoms. The third-order valence-corrected chi connectivity index (χ3v) is 3.63. The normalized spacial score (nSPS) is 13.2. The van der Waals surface area contributed by atoms with E-state index in [4.69, 9.17) is 5.53 Å². The van der Waals surface area contributed by atoms with E-state index in [1.54, 1.807) is 0 Å². The largest absolute Gasteiger partial charge is 0.0828 e. The second-order valence-electron chi connectivity index (χ2n) is 5.17. The van der Waals surface area contributed by atoms with Crippen molar-refractivity contribution in [2.45, 2.75) is 31.7 Å². The second kappa shape index (κ2) is 6.78. The first-order valence-corrected chi connectivity index (χ1v) is 6.90. The number of benzene rings is 2. The average Bonchev–Trinajstić information content (AvgIpc) is 2.49. The van der Waals surface area contributed by atoms with E-state index in [-0.39, 0.29) is 0 Å². The molecule has 1 atom stereocenters. The SMILES string of the molecule is CC(CCCc1ccccc1)(N=[N+]=[N-])c1ccccc1. The second-order valence-corrected chi connectivity index (χ2v) is 5.17. The van der Waals surface area contributed by atoms with Gasteiger partial charge in [0.2, 0.25) is 0 Å². The summed E-state index contributed by atoms with van der Waals surface area (Å²) >= 11 is 0. The van der Waals surface area contributed by atoms with Crippen LogP contribution in [0.1, 0.15) is 30.9 Å². The Kier molecular flexibility index (Phi) is 4.80. The number of hydrogen-bond donors (Lipinski definition) is 0. The molecule has 0 radical (unpaired) electrons. The van der Waals surface area contributed by atoms with E-state index in [1.807, 2.05) is 43.3 Å². The maximum atomic E-state index is 8.84. The molecule has 1 unspecified atom stereocenters. The van der Waals surface area contributed by atoms with Gasteiger partial charge in [-0.3, -0.25) is 0 Å². The van der Waals surface area contributed by atoms with E-state index in [0.717, 1.165) is 24.8 Å². The van der Waals surface area contributed by atoms with Crippen LogP contribution in [0.4, 0.5) is 0 Å². The lowest BCUT2D eigenvalue weighted by Gasteiger charge is -2.24. The minimum Gasteiger partial charge on any atom is -0.0828 e. The summed E-state index contributed by atoms with van der Waals surface area (Å²) in [5, 5.41) is 4.04. The zero-order valence-corrected chi connectivity index (χ0v) is 11.7. The molecule has 0 aliphatic carbocycles. The summed E-state index contributed by atoms with van der Waals surface area (Å²) in [5.74, 6) is 0. The first-order chi connectivity index (χ1) is 9.74. The summed E-state index contributed by atoms with van der Waals surface area (Å²) in [6.45, 7) is 2.01. The molecule has 0 N–H and O–H groups in total. The van der Waals surface area contributed by atoms with Gasteiger partial charge in [-0.2, -0.15) is 0 Å². The summed E-state index contributed by atoms with van der Waals surface area (Å²) in [6.07, 6.45) is 2.84. The van der Waals surface area contributed by atoms with Gasteiger partial charge in [0.05, 0.1) is 5.54 Å². The summed E-state index contributed by atoms with van der Waals surface area (Å²) in [7, 11) is 0. The number of azide groups is 1. The molecule has 0 aromatic heterocycles. The van der Waals surface area contributed by atoms with Gasteiger partial charge in [-0.25, -0.2) is 0 Å². The minimum atomic E-state index is -0.467. The highest BCUT2D eigenvalue weighted by atomic mass is 15.2. The molecule has 2 aromatic rings. The summed E-state index contributed by atoms with van der Waals surface area (Å²) in [6, 6.07) is 20.4. The quantitative estimate of drug-likeness (QED) is 0.390. The molecule has 0 saturated heterocycles. The summed E-state index contributed by atoms with van der Waals surface area (Å²) in [4.78, 5) is 3.03. The van der Waals surface area contributed by atoms with Gasteiger partial charge in [-0.1, -0.05) is 65.8 Å². The lowest BCUT2D eigenvalue weighted by molar-refractivity contribution is 0.434. The molecule has 3 nitrogen and oxygen atoms in total. The summed E-state index contributed by atoms with van der Waals surface area (Å²) < 4.78 is 0. The van der Waals surface area contributed by atoms with E-state index in [9.17, 15) is 0 Å². The van der Waals surface area contributed by atoms with Gasteiger partial charge in [0.1, 0.15) is 0 Å².